The maximum atomic E-state index is 11.1. The van der Waals surface area contributed by atoms with Crippen LogP contribution in [0.25, 0.3) is 10.9 Å². The molecule has 0 saturated heterocycles. The number of aromatic hydroxyl groups is 1. The topological polar surface area (TPSA) is 99.1 Å². The van der Waals surface area contributed by atoms with Crippen molar-refractivity contribution < 1.29 is 19.5 Å². The first-order chi connectivity index (χ1) is 11.5. The highest BCUT2D eigenvalue weighted by Gasteiger charge is 2.26. The highest BCUT2D eigenvalue weighted by molar-refractivity contribution is 6.14. The van der Waals surface area contributed by atoms with E-state index in [1.165, 1.54) is 12.1 Å². The predicted molar refractivity (Wildman–Crippen MR) is 89.1 cm³/mol. The van der Waals surface area contributed by atoms with Crippen LogP contribution < -0.4 is 0 Å². The molecule has 0 amide bonds. The van der Waals surface area contributed by atoms with Crippen LogP contribution in [0.3, 0.4) is 0 Å². The van der Waals surface area contributed by atoms with Crippen LogP contribution in [0.1, 0.15) is 18.5 Å². The lowest BCUT2D eigenvalue weighted by molar-refractivity contribution is -0.384. The number of hydrogen-bond acceptors (Lipinski definition) is 6. The fraction of sp³-hybridized carbons (Fsp3) is 0.438. The standard InChI is InChI=1S/C16H19N3O5/c1-10(8-23-2)18-14-4-3-11(19(21)22)7-12(14)15(16(18)20)13-9-24-6-5-17-13/h3-4,7,10,20H,5-6,8-9H2,1-2H3. The molecule has 0 saturated carbocycles. The number of hydrogen-bond donors (Lipinski definition) is 1. The van der Waals surface area contributed by atoms with Crippen LogP contribution in [0.2, 0.25) is 0 Å². The number of ether oxygens (including phenoxy) is 2. The summed E-state index contributed by atoms with van der Waals surface area (Å²) in [6.45, 7) is 3.62. The van der Waals surface area contributed by atoms with Crippen LogP contribution >= 0.6 is 0 Å². The summed E-state index contributed by atoms with van der Waals surface area (Å²) >= 11 is 0. The van der Waals surface area contributed by atoms with E-state index in [2.05, 4.69) is 4.99 Å². The first-order valence-corrected chi connectivity index (χ1v) is 7.66. The summed E-state index contributed by atoms with van der Waals surface area (Å²) < 4.78 is 12.3. The number of benzene rings is 1. The molecule has 0 radical (unpaired) electrons. The van der Waals surface area contributed by atoms with Gasteiger partial charge in [-0.15, -0.1) is 0 Å². The summed E-state index contributed by atoms with van der Waals surface area (Å²) in [5.74, 6) is 0.0271. The highest BCUT2D eigenvalue weighted by atomic mass is 16.6. The average molecular weight is 333 g/mol. The summed E-state index contributed by atoms with van der Waals surface area (Å²) in [4.78, 5) is 15.1. The van der Waals surface area contributed by atoms with Crippen LogP contribution in [0.15, 0.2) is 23.2 Å². The van der Waals surface area contributed by atoms with Gasteiger partial charge in [0, 0.05) is 24.6 Å². The van der Waals surface area contributed by atoms with Gasteiger partial charge in [0.15, 0.2) is 0 Å². The Labute approximate surface area is 138 Å². The Morgan fingerprint density at radius 2 is 2.33 bits per heavy atom. The van der Waals surface area contributed by atoms with Gasteiger partial charge >= 0.3 is 0 Å². The summed E-state index contributed by atoms with van der Waals surface area (Å²) in [7, 11) is 1.59. The third-order valence-corrected chi connectivity index (χ3v) is 4.09. The zero-order chi connectivity index (χ0) is 17.3. The van der Waals surface area contributed by atoms with Crippen molar-refractivity contribution in [2.75, 3.05) is 33.5 Å². The first-order valence-electron chi connectivity index (χ1n) is 7.66. The minimum Gasteiger partial charge on any atom is -0.494 e. The van der Waals surface area contributed by atoms with Crippen molar-refractivity contribution >= 4 is 22.3 Å². The van der Waals surface area contributed by atoms with E-state index in [1.54, 1.807) is 17.7 Å². The SMILES string of the molecule is COCC(C)n1c(O)c(C2=NCCOC2)c2cc([N+](=O)[O-])ccc21. The molecule has 0 bridgehead atoms. The number of aliphatic imine (C=N–C) groups is 1. The van der Waals surface area contributed by atoms with Gasteiger partial charge in [-0.2, -0.15) is 0 Å². The third kappa shape index (κ3) is 2.74. The average Bonchev–Trinajstić information content (AvgIpc) is 2.86. The minimum absolute atomic E-state index is 0.0271. The molecule has 3 rings (SSSR count). The van der Waals surface area contributed by atoms with Gasteiger partial charge < -0.3 is 19.1 Å². The molecule has 8 heteroatoms. The number of non-ortho nitro benzene ring substituents is 1. The molecular formula is C16H19N3O5. The second-order valence-corrected chi connectivity index (χ2v) is 5.71. The molecule has 128 valence electrons. The molecule has 1 aromatic carbocycles. The molecule has 24 heavy (non-hydrogen) atoms. The number of fused-ring (bicyclic) bond motifs is 1. The van der Waals surface area contributed by atoms with E-state index in [1.807, 2.05) is 6.92 Å². The zero-order valence-electron chi connectivity index (χ0n) is 13.6. The molecule has 0 spiro atoms. The Kier molecular flexibility index (Phi) is 4.50. The lowest BCUT2D eigenvalue weighted by atomic mass is 10.1. The second kappa shape index (κ2) is 6.58. The number of aromatic nitrogens is 1. The Morgan fingerprint density at radius 1 is 1.54 bits per heavy atom. The molecule has 8 nitrogen and oxygen atoms in total. The van der Waals surface area contributed by atoms with Gasteiger partial charge in [-0.3, -0.25) is 15.1 Å². The molecule has 1 aliphatic heterocycles. The Balaban J connectivity index is 2.27. The zero-order valence-corrected chi connectivity index (χ0v) is 13.6. The monoisotopic (exact) mass is 333 g/mol. The summed E-state index contributed by atoms with van der Waals surface area (Å²) in [6, 6.07) is 4.41. The third-order valence-electron chi connectivity index (χ3n) is 4.09. The second-order valence-electron chi connectivity index (χ2n) is 5.71. The number of methoxy groups -OCH3 is 1. The summed E-state index contributed by atoms with van der Waals surface area (Å²) in [6.07, 6.45) is 0. The van der Waals surface area contributed by atoms with Crippen molar-refractivity contribution in [2.24, 2.45) is 4.99 Å². The molecule has 0 fully saturated rings. The first kappa shape index (κ1) is 16.4. The van der Waals surface area contributed by atoms with Gasteiger partial charge in [0.2, 0.25) is 5.88 Å². The van der Waals surface area contributed by atoms with Gasteiger partial charge in [-0.1, -0.05) is 0 Å². The molecule has 1 atom stereocenters. The number of nitro groups is 1. The number of rotatable bonds is 5. The fourth-order valence-electron chi connectivity index (χ4n) is 3.06. The van der Waals surface area contributed by atoms with Crippen LogP contribution in [0.4, 0.5) is 5.69 Å². The Morgan fingerprint density at radius 3 is 2.96 bits per heavy atom. The van der Waals surface area contributed by atoms with Crippen LogP contribution in [-0.4, -0.2) is 53.8 Å². The smallest absolute Gasteiger partial charge is 0.270 e. The summed E-state index contributed by atoms with van der Waals surface area (Å²) in [5, 5.41) is 22.5. The van der Waals surface area contributed by atoms with Crippen molar-refractivity contribution in [3.63, 3.8) is 0 Å². The van der Waals surface area contributed by atoms with Crippen LogP contribution in [0, 0.1) is 10.1 Å². The molecular weight excluding hydrogens is 314 g/mol. The maximum absolute atomic E-state index is 11.1. The van der Waals surface area contributed by atoms with Crippen LogP contribution in [-0.2, 0) is 9.47 Å². The predicted octanol–water partition coefficient (Wildman–Crippen LogP) is 2.28. The van der Waals surface area contributed by atoms with Crippen molar-refractivity contribution in [3.8, 4) is 5.88 Å². The molecule has 1 unspecified atom stereocenters. The molecule has 2 aromatic rings. The van der Waals surface area contributed by atoms with Gasteiger partial charge in [0.1, 0.15) is 0 Å². The van der Waals surface area contributed by atoms with E-state index in [4.69, 9.17) is 9.47 Å². The summed E-state index contributed by atoms with van der Waals surface area (Å²) in [5.41, 5.74) is 1.77. The number of nitro benzene ring substituents is 1. The van der Waals surface area contributed by atoms with Gasteiger partial charge in [0.25, 0.3) is 5.69 Å². The fourth-order valence-corrected chi connectivity index (χ4v) is 3.06. The van der Waals surface area contributed by atoms with Gasteiger partial charge in [0.05, 0.1) is 54.1 Å². The van der Waals surface area contributed by atoms with E-state index in [0.717, 1.165) is 0 Å². The van der Waals surface area contributed by atoms with Crippen LogP contribution in [0.5, 0.6) is 5.88 Å². The van der Waals surface area contributed by atoms with Crippen molar-refractivity contribution in [3.05, 3.63) is 33.9 Å². The Hall–Kier alpha value is -2.45. The van der Waals surface area contributed by atoms with E-state index in [9.17, 15) is 15.2 Å². The molecule has 0 aliphatic carbocycles. The minimum atomic E-state index is -0.449. The van der Waals surface area contributed by atoms with Crippen molar-refractivity contribution in [1.82, 2.24) is 4.57 Å². The Bertz CT molecular complexity index is 812. The van der Waals surface area contributed by atoms with E-state index in [-0.39, 0.29) is 24.2 Å². The lowest BCUT2D eigenvalue weighted by Gasteiger charge is -2.16. The van der Waals surface area contributed by atoms with Gasteiger partial charge in [-0.25, -0.2) is 0 Å². The van der Waals surface area contributed by atoms with E-state index < -0.39 is 4.92 Å². The maximum Gasteiger partial charge on any atom is 0.270 e. The molecule has 2 heterocycles. The van der Waals surface area contributed by atoms with E-state index >= 15 is 0 Å². The molecule has 1 aliphatic rings. The van der Waals surface area contributed by atoms with Crippen molar-refractivity contribution in [2.45, 2.75) is 13.0 Å². The largest absolute Gasteiger partial charge is 0.494 e. The normalized spacial score (nSPS) is 16.2. The quantitative estimate of drug-likeness (QED) is 0.668. The highest BCUT2D eigenvalue weighted by Crippen LogP contribution is 2.37. The number of nitrogens with zero attached hydrogens (tertiary/aromatic N) is 3. The molecule has 1 N–H and O–H groups in total. The van der Waals surface area contributed by atoms with Gasteiger partial charge in [-0.05, 0) is 13.0 Å². The van der Waals surface area contributed by atoms with Crippen molar-refractivity contribution in [1.29, 1.82) is 0 Å². The lowest BCUT2D eigenvalue weighted by Crippen LogP contribution is -2.19. The van der Waals surface area contributed by atoms with E-state index in [0.29, 0.717) is 41.9 Å². The molecule has 1 aromatic heterocycles.